The lowest BCUT2D eigenvalue weighted by Crippen LogP contribution is -2.46. The SMILES string of the molecule is CCNC(=NCC(CC(C)C)N(C)C)NC1CCN(C(=O)C2CCCC2)C1. The van der Waals surface area contributed by atoms with Gasteiger partial charge in [0.15, 0.2) is 5.96 Å². The van der Waals surface area contributed by atoms with Crippen molar-refractivity contribution < 1.29 is 4.79 Å². The first kappa shape index (κ1) is 22.0. The number of likely N-dealkylation sites (tertiary alicyclic amines) is 1. The number of guanidine groups is 1. The van der Waals surface area contributed by atoms with Gasteiger partial charge in [0.05, 0.1) is 6.54 Å². The molecule has 2 atom stereocenters. The number of nitrogens with zero attached hydrogens (tertiary/aromatic N) is 3. The quantitative estimate of drug-likeness (QED) is 0.502. The molecule has 0 aromatic carbocycles. The molecule has 1 aliphatic heterocycles. The molecule has 1 heterocycles. The van der Waals surface area contributed by atoms with E-state index in [0.717, 1.165) is 57.8 Å². The highest BCUT2D eigenvalue weighted by Crippen LogP contribution is 2.27. The highest BCUT2D eigenvalue weighted by molar-refractivity contribution is 5.81. The van der Waals surface area contributed by atoms with E-state index in [4.69, 9.17) is 4.99 Å². The van der Waals surface area contributed by atoms with Crippen LogP contribution in [0.15, 0.2) is 4.99 Å². The second-order valence-corrected chi connectivity index (χ2v) is 8.86. The Bertz CT molecular complexity index is 485. The van der Waals surface area contributed by atoms with Crippen molar-refractivity contribution in [1.29, 1.82) is 0 Å². The number of rotatable bonds is 8. The average Bonchev–Trinajstić information content (AvgIpc) is 3.29. The van der Waals surface area contributed by atoms with Crippen molar-refractivity contribution in [2.24, 2.45) is 16.8 Å². The summed E-state index contributed by atoms with van der Waals surface area (Å²) in [6.07, 6.45) is 6.74. The molecule has 27 heavy (non-hydrogen) atoms. The Morgan fingerprint density at radius 2 is 1.93 bits per heavy atom. The van der Waals surface area contributed by atoms with Gasteiger partial charge in [-0.1, -0.05) is 26.7 Å². The topological polar surface area (TPSA) is 60.0 Å². The van der Waals surface area contributed by atoms with E-state index < -0.39 is 0 Å². The van der Waals surface area contributed by atoms with Gasteiger partial charge in [0.1, 0.15) is 0 Å². The third kappa shape index (κ3) is 6.98. The maximum atomic E-state index is 12.6. The Morgan fingerprint density at radius 3 is 2.52 bits per heavy atom. The largest absolute Gasteiger partial charge is 0.357 e. The number of likely N-dealkylation sites (N-methyl/N-ethyl adjacent to an activating group) is 1. The molecule has 6 nitrogen and oxygen atoms in total. The molecule has 0 aromatic heterocycles. The minimum atomic E-state index is 0.280. The van der Waals surface area contributed by atoms with Crippen molar-refractivity contribution in [3.63, 3.8) is 0 Å². The molecule has 1 saturated carbocycles. The van der Waals surface area contributed by atoms with Gasteiger partial charge in [-0.15, -0.1) is 0 Å². The number of aliphatic imine (C=N–C) groups is 1. The monoisotopic (exact) mass is 379 g/mol. The molecule has 1 aliphatic carbocycles. The fraction of sp³-hybridized carbons (Fsp3) is 0.905. The first-order chi connectivity index (χ1) is 12.9. The zero-order chi connectivity index (χ0) is 19.8. The van der Waals surface area contributed by atoms with Crippen molar-refractivity contribution in [2.75, 3.05) is 40.3 Å². The predicted molar refractivity (Wildman–Crippen MR) is 113 cm³/mol. The van der Waals surface area contributed by atoms with Crippen LogP contribution in [0, 0.1) is 11.8 Å². The van der Waals surface area contributed by atoms with Gasteiger partial charge in [0.25, 0.3) is 0 Å². The van der Waals surface area contributed by atoms with Crippen LogP contribution in [-0.2, 0) is 4.79 Å². The smallest absolute Gasteiger partial charge is 0.225 e. The molecular formula is C21H41N5O. The summed E-state index contributed by atoms with van der Waals surface area (Å²) >= 11 is 0. The zero-order valence-electron chi connectivity index (χ0n) is 18.1. The number of carbonyl (C=O) groups is 1. The first-order valence-corrected chi connectivity index (χ1v) is 10.9. The number of hydrogen-bond acceptors (Lipinski definition) is 3. The number of amides is 1. The second-order valence-electron chi connectivity index (χ2n) is 8.86. The normalized spacial score (nSPS) is 22.7. The molecule has 1 amide bonds. The Morgan fingerprint density at radius 1 is 1.22 bits per heavy atom. The molecule has 2 unspecified atom stereocenters. The lowest BCUT2D eigenvalue weighted by Gasteiger charge is -2.25. The van der Waals surface area contributed by atoms with Gasteiger partial charge in [-0.3, -0.25) is 9.79 Å². The fourth-order valence-electron chi connectivity index (χ4n) is 4.21. The highest BCUT2D eigenvalue weighted by atomic mass is 16.2. The summed E-state index contributed by atoms with van der Waals surface area (Å²) in [4.78, 5) is 21.8. The van der Waals surface area contributed by atoms with Crippen molar-refractivity contribution in [3.05, 3.63) is 0 Å². The number of nitrogens with one attached hydrogen (secondary N) is 2. The van der Waals surface area contributed by atoms with Crippen LogP contribution in [0.3, 0.4) is 0 Å². The third-order valence-electron chi connectivity index (χ3n) is 5.82. The van der Waals surface area contributed by atoms with Gasteiger partial charge >= 0.3 is 0 Å². The summed E-state index contributed by atoms with van der Waals surface area (Å²) < 4.78 is 0. The van der Waals surface area contributed by atoms with Gasteiger partial charge in [0, 0.05) is 37.6 Å². The first-order valence-electron chi connectivity index (χ1n) is 10.9. The molecule has 156 valence electrons. The maximum absolute atomic E-state index is 12.6. The molecule has 2 fully saturated rings. The Labute approximate surface area is 166 Å². The molecule has 0 radical (unpaired) electrons. The molecule has 0 spiro atoms. The lowest BCUT2D eigenvalue weighted by molar-refractivity contribution is -0.134. The molecule has 2 aliphatic rings. The fourth-order valence-corrected chi connectivity index (χ4v) is 4.21. The standard InChI is InChI=1S/C21H41N5O/c1-6-22-21(23-14-19(25(4)5)13-16(2)3)24-18-11-12-26(15-18)20(27)17-9-7-8-10-17/h16-19H,6-15H2,1-5H3,(H2,22,23,24). The molecule has 0 aromatic rings. The molecule has 6 heteroatoms. The van der Waals surface area contributed by atoms with E-state index in [1.165, 1.54) is 12.8 Å². The average molecular weight is 380 g/mol. The number of carbonyl (C=O) groups excluding carboxylic acids is 1. The van der Waals surface area contributed by atoms with Crippen molar-refractivity contribution >= 4 is 11.9 Å². The van der Waals surface area contributed by atoms with E-state index in [0.29, 0.717) is 23.9 Å². The third-order valence-corrected chi connectivity index (χ3v) is 5.82. The minimum absolute atomic E-state index is 0.280. The van der Waals surface area contributed by atoms with E-state index in [-0.39, 0.29) is 5.92 Å². The van der Waals surface area contributed by atoms with Gasteiger partial charge in [0.2, 0.25) is 5.91 Å². The lowest BCUT2D eigenvalue weighted by atomic mass is 10.0. The molecule has 0 bridgehead atoms. The van der Waals surface area contributed by atoms with Crippen LogP contribution in [0.1, 0.15) is 59.3 Å². The summed E-state index contributed by atoms with van der Waals surface area (Å²) in [5.41, 5.74) is 0. The summed E-state index contributed by atoms with van der Waals surface area (Å²) in [6, 6.07) is 0.750. The maximum Gasteiger partial charge on any atom is 0.225 e. The van der Waals surface area contributed by atoms with E-state index in [1.54, 1.807) is 0 Å². The molecule has 1 saturated heterocycles. The Hall–Kier alpha value is -1.30. The zero-order valence-corrected chi connectivity index (χ0v) is 18.1. The Balaban J connectivity index is 1.88. The van der Waals surface area contributed by atoms with Crippen molar-refractivity contribution in [1.82, 2.24) is 20.4 Å². The predicted octanol–water partition coefficient (Wildman–Crippen LogP) is 2.31. The second kappa shape index (κ2) is 10.9. The van der Waals surface area contributed by atoms with Gasteiger partial charge in [-0.2, -0.15) is 0 Å². The Kier molecular flexibility index (Phi) is 8.87. The highest BCUT2D eigenvalue weighted by Gasteiger charge is 2.32. The van der Waals surface area contributed by atoms with Gasteiger partial charge in [-0.25, -0.2) is 0 Å². The summed E-state index contributed by atoms with van der Waals surface area (Å²) in [6.45, 7) is 9.94. The number of hydrogen-bond donors (Lipinski definition) is 2. The van der Waals surface area contributed by atoms with Crippen LogP contribution in [0.5, 0.6) is 0 Å². The van der Waals surface area contributed by atoms with Crippen molar-refractivity contribution in [3.8, 4) is 0 Å². The van der Waals surface area contributed by atoms with Crippen LogP contribution < -0.4 is 10.6 Å². The van der Waals surface area contributed by atoms with Crippen LogP contribution in [0.4, 0.5) is 0 Å². The van der Waals surface area contributed by atoms with Crippen LogP contribution in [0.25, 0.3) is 0 Å². The van der Waals surface area contributed by atoms with Crippen LogP contribution in [-0.4, -0.2) is 74.0 Å². The van der Waals surface area contributed by atoms with E-state index >= 15 is 0 Å². The summed E-state index contributed by atoms with van der Waals surface area (Å²) in [7, 11) is 4.26. The van der Waals surface area contributed by atoms with Crippen molar-refractivity contribution in [2.45, 2.75) is 71.4 Å². The van der Waals surface area contributed by atoms with E-state index in [1.807, 2.05) is 0 Å². The minimum Gasteiger partial charge on any atom is -0.357 e. The van der Waals surface area contributed by atoms with E-state index in [9.17, 15) is 4.79 Å². The van der Waals surface area contributed by atoms with Crippen LogP contribution in [0.2, 0.25) is 0 Å². The van der Waals surface area contributed by atoms with Gasteiger partial charge < -0.3 is 20.4 Å². The molecule has 2 N–H and O–H groups in total. The summed E-state index contributed by atoms with van der Waals surface area (Å²) in [5.74, 6) is 2.20. The van der Waals surface area contributed by atoms with Crippen LogP contribution >= 0.6 is 0 Å². The molecular weight excluding hydrogens is 338 g/mol. The molecule has 2 rings (SSSR count). The van der Waals surface area contributed by atoms with E-state index in [2.05, 4.69) is 55.3 Å². The summed E-state index contributed by atoms with van der Waals surface area (Å²) in [5, 5.41) is 6.94. The van der Waals surface area contributed by atoms with Gasteiger partial charge in [-0.05, 0) is 52.6 Å².